The molecule has 0 spiro atoms. The van der Waals surface area contributed by atoms with Gasteiger partial charge in [0.1, 0.15) is 12.2 Å². The molecule has 138 valence electrons. The van der Waals surface area contributed by atoms with E-state index in [0.29, 0.717) is 13.2 Å². The zero-order valence-corrected chi connectivity index (χ0v) is 14.5. The number of ether oxygens (including phenoxy) is 2. The van der Waals surface area contributed by atoms with Crippen molar-refractivity contribution in [2.45, 2.75) is 37.9 Å². The van der Waals surface area contributed by atoms with Gasteiger partial charge in [0.2, 0.25) is 5.91 Å². The Bertz CT molecular complexity index is 681. The Hall–Kier alpha value is -2.25. The lowest BCUT2D eigenvalue weighted by molar-refractivity contribution is -0.120. The van der Waals surface area contributed by atoms with Gasteiger partial charge in [0.25, 0.3) is 0 Å². The Kier molecular flexibility index (Phi) is 6.74. The van der Waals surface area contributed by atoms with Crippen molar-refractivity contribution >= 4 is 5.91 Å². The van der Waals surface area contributed by atoms with Gasteiger partial charge in [0.15, 0.2) is 0 Å². The lowest BCUT2D eigenvalue weighted by Gasteiger charge is -2.27. The zero-order chi connectivity index (χ0) is 18.2. The quantitative estimate of drug-likeness (QED) is 0.635. The lowest BCUT2D eigenvalue weighted by atomic mass is 10.0. The van der Waals surface area contributed by atoms with E-state index in [-0.39, 0.29) is 25.0 Å². The molecule has 0 aromatic heterocycles. The van der Waals surface area contributed by atoms with E-state index in [1.165, 1.54) is 0 Å². The summed E-state index contributed by atoms with van der Waals surface area (Å²) in [6, 6.07) is 19.2. The molecule has 6 nitrogen and oxygen atoms in total. The largest absolute Gasteiger partial charge is 0.388 e. The molecule has 2 aromatic carbocycles. The maximum atomic E-state index is 11.5. The number of aliphatic hydroxyl groups excluding tert-OH is 1. The van der Waals surface area contributed by atoms with Crippen molar-refractivity contribution in [2.75, 3.05) is 6.61 Å². The Morgan fingerprint density at radius 2 is 1.62 bits per heavy atom. The van der Waals surface area contributed by atoms with Crippen LogP contribution in [0, 0.1) is 0 Å². The number of benzene rings is 2. The third-order valence-electron chi connectivity index (χ3n) is 4.26. The average Bonchev–Trinajstić information content (AvgIpc) is 3.10. The predicted molar refractivity (Wildman–Crippen MR) is 96.8 cm³/mol. The van der Waals surface area contributed by atoms with Gasteiger partial charge in [-0.25, -0.2) is 5.43 Å². The van der Waals surface area contributed by atoms with Crippen LogP contribution in [0.2, 0.25) is 0 Å². The first-order valence-corrected chi connectivity index (χ1v) is 8.72. The molecule has 1 heterocycles. The van der Waals surface area contributed by atoms with Gasteiger partial charge in [-0.1, -0.05) is 60.7 Å². The SMILES string of the molecule is O=C1C[C@@H]([C@H](OCc2ccccc2)[C@H](O)COCc2ccccc2)NN1. The second kappa shape index (κ2) is 9.45. The summed E-state index contributed by atoms with van der Waals surface area (Å²) in [5, 5.41) is 10.6. The number of rotatable bonds is 9. The Labute approximate surface area is 153 Å². The van der Waals surface area contributed by atoms with Crippen molar-refractivity contribution in [1.29, 1.82) is 0 Å². The number of hydrazine groups is 1. The van der Waals surface area contributed by atoms with E-state index >= 15 is 0 Å². The summed E-state index contributed by atoms with van der Waals surface area (Å²) in [7, 11) is 0. The van der Waals surface area contributed by atoms with E-state index in [1.807, 2.05) is 60.7 Å². The summed E-state index contributed by atoms with van der Waals surface area (Å²) in [5.74, 6) is -0.110. The number of nitrogens with one attached hydrogen (secondary N) is 2. The molecule has 1 fully saturated rings. The highest BCUT2D eigenvalue weighted by atomic mass is 16.5. The molecule has 0 unspecified atom stereocenters. The van der Waals surface area contributed by atoms with Gasteiger partial charge in [0, 0.05) is 6.42 Å². The van der Waals surface area contributed by atoms with Crippen LogP contribution in [0.3, 0.4) is 0 Å². The van der Waals surface area contributed by atoms with Crippen LogP contribution >= 0.6 is 0 Å². The highest BCUT2D eigenvalue weighted by Gasteiger charge is 2.34. The first kappa shape index (κ1) is 18.5. The molecule has 26 heavy (non-hydrogen) atoms. The van der Waals surface area contributed by atoms with Crippen LogP contribution < -0.4 is 10.9 Å². The Morgan fingerprint density at radius 1 is 1.00 bits per heavy atom. The molecule has 6 heteroatoms. The molecule has 1 aliphatic heterocycles. The van der Waals surface area contributed by atoms with Gasteiger partial charge in [-0.05, 0) is 11.1 Å². The van der Waals surface area contributed by atoms with Crippen molar-refractivity contribution < 1.29 is 19.4 Å². The number of carbonyl (C=O) groups is 1. The molecule has 1 saturated heterocycles. The van der Waals surface area contributed by atoms with E-state index in [1.54, 1.807) is 0 Å². The van der Waals surface area contributed by atoms with Gasteiger partial charge in [-0.2, -0.15) is 0 Å². The minimum Gasteiger partial charge on any atom is -0.388 e. The summed E-state index contributed by atoms with van der Waals surface area (Å²) in [4.78, 5) is 11.5. The topological polar surface area (TPSA) is 79.8 Å². The molecule has 0 saturated carbocycles. The fraction of sp³-hybridized carbons (Fsp3) is 0.350. The number of carbonyl (C=O) groups excluding carboxylic acids is 1. The van der Waals surface area contributed by atoms with Gasteiger partial charge < -0.3 is 14.6 Å². The summed E-state index contributed by atoms with van der Waals surface area (Å²) in [6.07, 6.45) is -1.16. The first-order valence-electron chi connectivity index (χ1n) is 8.72. The van der Waals surface area contributed by atoms with Crippen LogP contribution in [0.15, 0.2) is 60.7 Å². The molecule has 3 rings (SSSR count). The highest BCUT2D eigenvalue weighted by Crippen LogP contribution is 2.15. The van der Waals surface area contributed by atoms with Crippen LogP contribution in [0.5, 0.6) is 0 Å². The molecule has 3 N–H and O–H groups in total. The van der Waals surface area contributed by atoms with E-state index in [2.05, 4.69) is 10.9 Å². The third-order valence-corrected chi connectivity index (χ3v) is 4.26. The van der Waals surface area contributed by atoms with Crippen molar-refractivity contribution in [3.05, 3.63) is 71.8 Å². The third kappa shape index (κ3) is 5.37. The first-order chi connectivity index (χ1) is 12.7. The molecular formula is C20H24N2O4. The Morgan fingerprint density at radius 3 is 2.19 bits per heavy atom. The molecule has 0 radical (unpaired) electrons. The van der Waals surface area contributed by atoms with E-state index in [0.717, 1.165) is 11.1 Å². The lowest BCUT2D eigenvalue weighted by Crippen LogP contribution is -2.48. The standard InChI is InChI=1S/C20H24N2O4/c23-18(14-25-12-15-7-3-1-4-8-15)20(17-11-19(24)22-21-17)26-13-16-9-5-2-6-10-16/h1-10,17-18,20-21,23H,11-14H2,(H,22,24)/t17-,18+,20-/m0/s1. The fourth-order valence-corrected chi connectivity index (χ4v) is 2.90. The van der Waals surface area contributed by atoms with Crippen LogP contribution in [-0.2, 0) is 27.5 Å². The molecule has 3 atom stereocenters. The fourth-order valence-electron chi connectivity index (χ4n) is 2.90. The minimum absolute atomic E-state index is 0.110. The second-order valence-electron chi connectivity index (χ2n) is 6.33. The van der Waals surface area contributed by atoms with Crippen LogP contribution in [0.4, 0.5) is 0 Å². The molecular weight excluding hydrogens is 332 g/mol. The van der Waals surface area contributed by atoms with E-state index < -0.39 is 12.2 Å². The van der Waals surface area contributed by atoms with Gasteiger partial charge >= 0.3 is 0 Å². The zero-order valence-electron chi connectivity index (χ0n) is 14.5. The van der Waals surface area contributed by atoms with Crippen molar-refractivity contribution in [3.63, 3.8) is 0 Å². The molecule has 2 aromatic rings. The summed E-state index contributed by atoms with van der Waals surface area (Å²) in [5.41, 5.74) is 7.50. The van der Waals surface area contributed by atoms with Gasteiger partial charge in [0.05, 0.1) is 25.9 Å². The summed E-state index contributed by atoms with van der Waals surface area (Å²) >= 11 is 0. The van der Waals surface area contributed by atoms with Gasteiger partial charge in [-0.15, -0.1) is 0 Å². The molecule has 0 aliphatic carbocycles. The second-order valence-corrected chi connectivity index (χ2v) is 6.33. The van der Waals surface area contributed by atoms with Crippen LogP contribution in [-0.4, -0.2) is 35.9 Å². The van der Waals surface area contributed by atoms with E-state index in [4.69, 9.17) is 9.47 Å². The number of hydrogen-bond donors (Lipinski definition) is 3. The number of aliphatic hydroxyl groups is 1. The monoisotopic (exact) mass is 356 g/mol. The van der Waals surface area contributed by atoms with Crippen LogP contribution in [0.1, 0.15) is 17.5 Å². The average molecular weight is 356 g/mol. The van der Waals surface area contributed by atoms with Crippen molar-refractivity contribution in [3.8, 4) is 0 Å². The van der Waals surface area contributed by atoms with E-state index in [9.17, 15) is 9.90 Å². The minimum atomic E-state index is -0.854. The normalized spacial score (nSPS) is 19.1. The highest BCUT2D eigenvalue weighted by molar-refractivity contribution is 5.78. The number of hydrogen-bond acceptors (Lipinski definition) is 5. The van der Waals surface area contributed by atoms with Crippen molar-refractivity contribution in [2.24, 2.45) is 0 Å². The summed E-state index contributed by atoms with van der Waals surface area (Å²) < 4.78 is 11.6. The molecule has 0 bridgehead atoms. The smallest absolute Gasteiger partial charge is 0.235 e. The van der Waals surface area contributed by atoms with Crippen LogP contribution in [0.25, 0.3) is 0 Å². The molecule has 1 aliphatic rings. The maximum absolute atomic E-state index is 11.5. The van der Waals surface area contributed by atoms with Crippen molar-refractivity contribution in [1.82, 2.24) is 10.9 Å². The maximum Gasteiger partial charge on any atom is 0.235 e. The van der Waals surface area contributed by atoms with Gasteiger partial charge in [-0.3, -0.25) is 10.2 Å². The molecule has 1 amide bonds. The Balaban J connectivity index is 1.55. The number of amides is 1. The predicted octanol–water partition coefficient (Wildman–Crippen LogP) is 1.54. The summed E-state index contributed by atoms with van der Waals surface area (Å²) in [6.45, 7) is 0.896.